The molecule has 1 aromatic heterocycles. The minimum absolute atomic E-state index is 0.0333. The number of allylic oxidation sites excluding steroid dienone is 1. The van der Waals surface area contributed by atoms with Crippen LogP contribution in [0.15, 0.2) is 35.1 Å². The van der Waals surface area contributed by atoms with E-state index < -0.39 is 23.3 Å². The third-order valence-corrected chi connectivity index (χ3v) is 5.47. The molecule has 0 unspecified atom stereocenters. The number of nitrogens with two attached hydrogens (primary N) is 1. The Morgan fingerprint density at radius 3 is 2.58 bits per heavy atom. The van der Waals surface area contributed by atoms with E-state index in [1.165, 1.54) is 13.2 Å². The van der Waals surface area contributed by atoms with Crippen molar-refractivity contribution in [2.75, 3.05) is 25.0 Å². The van der Waals surface area contributed by atoms with Crippen LogP contribution in [0.3, 0.4) is 0 Å². The second kappa shape index (κ2) is 10.4. The molecule has 2 aromatic rings. The molecule has 176 valence electrons. The maximum absolute atomic E-state index is 14.3. The van der Waals surface area contributed by atoms with Crippen LogP contribution in [0.1, 0.15) is 31.0 Å². The molecule has 1 aromatic carbocycles. The van der Waals surface area contributed by atoms with Crippen LogP contribution in [0.5, 0.6) is 0 Å². The standard InChI is InChI=1S/C22H24F4N6O/c1-12(9-27)19(28-2)20-17(25)11-30-22(31-20)32-5-3-13(4-6-32)21(33)29-10-14-7-15(23)8-16(24)18(14)26/h7-9,11,13H,3-6,10,27H2,1-2H3,(H,29,33). The Labute approximate surface area is 188 Å². The number of carbonyl (C=O) groups excluding carboxylic acids is 1. The van der Waals surface area contributed by atoms with Crippen molar-refractivity contribution in [1.29, 1.82) is 0 Å². The van der Waals surface area contributed by atoms with Crippen LogP contribution in [0.25, 0.3) is 0 Å². The number of halogens is 4. The van der Waals surface area contributed by atoms with E-state index in [1.54, 1.807) is 6.92 Å². The van der Waals surface area contributed by atoms with Gasteiger partial charge in [-0.1, -0.05) is 0 Å². The quantitative estimate of drug-likeness (QED) is 0.389. The molecule has 0 atom stereocenters. The zero-order chi connectivity index (χ0) is 24.1. The number of amides is 1. The van der Waals surface area contributed by atoms with E-state index in [9.17, 15) is 22.4 Å². The monoisotopic (exact) mass is 464 g/mol. The van der Waals surface area contributed by atoms with Crippen LogP contribution in [-0.4, -0.2) is 41.7 Å². The van der Waals surface area contributed by atoms with Gasteiger partial charge in [-0.15, -0.1) is 0 Å². The van der Waals surface area contributed by atoms with Crippen LogP contribution < -0.4 is 16.0 Å². The lowest BCUT2D eigenvalue weighted by Gasteiger charge is -2.31. The lowest BCUT2D eigenvalue weighted by molar-refractivity contribution is -0.125. The molecule has 3 rings (SSSR count). The fourth-order valence-electron chi connectivity index (χ4n) is 3.63. The van der Waals surface area contributed by atoms with E-state index >= 15 is 0 Å². The smallest absolute Gasteiger partial charge is 0.226 e. The molecule has 1 saturated heterocycles. The Bertz CT molecular complexity index is 1100. The maximum Gasteiger partial charge on any atom is 0.226 e. The van der Waals surface area contributed by atoms with Crippen LogP contribution in [0.2, 0.25) is 0 Å². The highest BCUT2D eigenvalue weighted by molar-refractivity contribution is 6.11. The maximum atomic E-state index is 14.3. The molecule has 33 heavy (non-hydrogen) atoms. The Morgan fingerprint density at radius 1 is 1.24 bits per heavy atom. The largest absolute Gasteiger partial charge is 0.404 e. The van der Waals surface area contributed by atoms with Gasteiger partial charge in [0.05, 0.1) is 11.9 Å². The molecule has 11 heteroatoms. The minimum atomic E-state index is -1.31. The number of aromatic nitrogens is 2. The van der Waals surface area contributed by atoms with Gasteiger partial charge in [-0.2, -0.15) is 0 Å². The van der Waals surface area contributed by atoms with Gasteiger partial charge >= 0.3 is 0 Å². The Hall–Kier alpha value is -3.50. The molecule has 2 heterocycles. The van der Waals surface area contributed by atoms with Crippen LogP contribution >= 0.6 is 0 Å². The number of anilines is 1. The van der Waals surface area contributed by atoms with Crippen molar-refractivity contribution >= 4 is 17.6 Å². The zero-order valence-electron chi connectivity index (χ0n) is 18.2. The highest BCUT2D eigenvalue weighted by Crippen LogP contribution is 2.23. The minimum Gasteiger partial charge on any atom is -0.404 e. The number of aliphatic imine (C=N–C) groups is 1. The summed E-state index contributed by atoms with van der Waals surface area (Å²) in [5.41, 5.74) is 6.18. The Morgan fingerprint density at radius 2 is 1.94 bits per heavy atom. The van der Waals surface area contributed by atoms with Gasteiger partial charge in [0.25, 0.3) is 0 Å². The molecule has 0 radical (unpaired) electrons. The zero-order valence-corrected chi connectivity index (χ0v) is 18.2. The first-order chi connectivity index (χ1) is 15.7. The van der Waals surface area contributed by atoms with Crippen molar-refractivity contribution in [2.24, 2.45) is 16.6 Å². The Balaban J connectivity index is 1.63. The predicted octanol–water partition coefficient (Wildman–Crippen LogP) is 2.85. The summed E-state index contributed by atoms with van der Waals surface area (Å²) in [6, 6.07) is 1.29. The van der Waals surface area contributed by atoms with Gasteiger partial charge < -0.3 is 16.0 Å². The molecule has 1 amide bonds. The molecular weight excluding hydrogens is 440 g/mol. The number of hydrogen-bond acceptors (Lipinski definition) is 6. The van der Waals surface area contributed by atoms with Gasteiger partial charge in [0.1, 0.15) is 11.5 Å². The first-order valence-corrected chi connectivity index (χ1v) is 10.3. The van der Waals surface area contributed by atoms with Crippen molar-refractivity contribution < 1.29 is 22.4 Å². The topological polar surface area (TPSA) is 96.5 Å². The molecule has 0 bridgehead atoms. The second-order valence-electron chi connectivity index (χ2n) is 7.63. The lowest BCUT2D eigenvalue weighted by atomic mass is 9.96. The Kier molecular flexibility index (Phi) is 7.62. The van der Waals surface area contributed by atoms with E-state index in [0.29, 0.717) is 49.2 Å². The molecule has 0 aliphatic carbocycles. The van der Waals surface area contributed by atoms with E-state index in [4.69, 9.17) is 5.73 Å². The van der Waals surface area contributed by atoms with Gasteiger partial charge in [-0.25, -0.2) is 27.5 Å². The highest BCUT2D eigenvalue weighted by Gasteiger charge is 2.27. The van der Waals surface area contributed by atoms with Gasteiger partial charge in [-0.3, -0.25) is 9.79 Å². The van der Waals surface area contributed by atoms with Crippen molar-refractivity contribution in [1.82, 2.24) is 15.3 Å². The molecule has 1 fully saturated rings. The third kappa shape index (κ3) is 5.47. The summed E-state index contributed by atoms with van der Waals surface area (Å²) >= 11 is 0. The van der Waals surface area contributed by atoms with Gasteiger partial charge in [-0.05, 0) is 37.6 Å². The van der Waals surface area contributed by atoms with Crippen molar-refractivity contribution in [3.63, 3.8) is 0 Å². The number of hydrogen-bond donors (Lipinski definition) is 2. The number of carbonyl (C=O) groups is 1. The normalized spacial score (nSPS) is 15.6. The molecular formula is C22H24F4N6O. The molecule has 1 aliphatic rings. The van der Waals surface area contributed by atoms with E-state index in [0.717, 1.165) is 12.3 Å². The fourth-order valence-corrected chi connectivity index (χ4v) is 3.63. The van der Waals surface area contributed by atoms with Crippen molar-refractivity contribution in [3.05, 3.63) is 64.6 Å². The SMILES string of the molecule is CN=C(C(C)=CN)c1nc(N2CCC(C(=O)NCc3cc(F)cc(F)c3F)CC2)ncc1F. The molecule has 3 N–H and O–H groups in total. The molecule has 0 saturated carbocycles. The summed E-state index contributed by atoms with van der Waals surface area (Å²) in [4.78, 5) is 26.7. The average Bonchev–Trinajstić information content (AvgIpc) is 2.81. The molecule has 0 spiro atoms. The lowest BCUT2D eigenvalue weighted by Crippen LogP contribution is -2.41. The average molecular weight is 464 g/mol. The number of nitrogens with zero attached hydrogens (tertiary/aromatic N) is 4. The summed E-state index contributed by atoms with van der Waals surface area (Å²) in [5, 5.41) is 2.53. The van der Waals surface area contributed by atoms with Crippen molar-refractivity contribution in [2.45, 2.75) is 26.3 Å². The van der Waals surface area contributed by atoms with Crippen molar-refractivity contribution in [3.8, 4) is 0 Å². The number of piperidine rings is 1. The highest BCUT2D eigenvalue weighted by atomic mass is 19.2. The fraction of sp³-hybridized carbons (Fsp3) is 0.364. The van der Waals surface area contributed by atoms with Gasteiger partial charge in [0.2, 0.25) is 11.9 Å². The summed E-state index contributed by atoms with van der Waals surface area (Å²) in [5.74, 6) is -4.46. The summed E-state index contributed by atoms with van der Waals surface area (Å²) in [6.45, 7) is 2.22. The van der Waals surface area contributed by atoms with Crippen LogP contribution in [0, 0.1) is 29.2 Å². The van der Waals surface area contributed by atoms with Gasteiger partial charge in [0, 0.05) is 44.2 Å². The van der Waals surface area contributed by atoms with Gasteiger partial charge in [0.15, 0.2) is 17.5 Å². The van der Waals surface area contributed by atoms with E-state index in [2.05, 4.69) is 20.3 Å². The molecule has 1 aliphatic heterocycles. The number of rotatable bonds is 6. The third-order valence-electron chi connectivity index (χ3n) is 5.47. The molecule has 7 nitrogen and oxygen atoms in total. The van der Waals surface area contributed by atoms with Crippen LogP contribution in [-0.2, 0) is 11.3 Å². The summed E-state index contributed by atoms with van der Waals surface area (Å²) < 4.78 is 54.7. The first-order valence-electron chi connectivity index (χ1n) is 10.3. The predicted molar refractivity (Wildman–Crippen MR) is 115 cm³/mol. The second-order valence-corrected chi connectivity index (χ2v) is 7.63. The van der Waals surface area contributed by atoms with Crippen LogP contribution in [0.4, 0.5) is 23.5 Å². The first kappa shape index (κ1) is 24.1. The number of nitrogens with one attached hydrogen (secondary N) is 1. The summed E-state index contributed by atoms with van der Waals surface area (Å²) in [6.07, 6.45) is 3.27. The number of benzene rings is 1. The van der Waals surface area contributed by atoms with E-state index in [1.807, 2.05) is 4.90 Å². The summed E-state index contributed by atoms with van der Waals surface area (Å²) in [7, 11) is 1.51. The van der Waals surface area contributed by atoms with E-state index in [-0.39, 0.29) is 29.6 Å².